The molecule has 100 valence electrons. The minimum atomic E-state index is 0.460. The molecule has 0 fully saturated rings. The second kappa shape index (κ2) is 5.13. The van der Waals surface area contributed by atoms with E-state index in [0.29, 0.717) is 11.7 Å². The molecule has 3 aromatic rings. The first-order valence-electron chi connectivity index (χ1n) is 6.30. The molecule has 0 saturated heterocycles. The molecule has 5 nitrogen and oxygen atoms in total. The zero-order valence-electron chi connectivity index (χ0n) is 11.3. The predicted octanol–water partition coefficient (Wildman–Crippen LogP) is 2.77. The SMILES string of the molecule is C/C(=N/Oc1nc2ccccc2n1C)c1ccccn1. The third-order valence-corrected chi connectivity index (χ3v) is 3.05. The maximum Gasteiger partial charge on any atom is 0.327 e. The van der Waals surface area contributed by atoms with Gasteiger partial charge in [-0.3, -0.25) is 9.55 Å². The van der Waals surface area contributed by atoms with E-state index in [9.17, 15) is 0 Å². The van der Waals surface area contributed by atoms with Crippen LogP contribution < -0.4 is 4.84 Å². The topological polar surface area (TPSA) is 52.3 Å². The van der Waals surface area contributed by atoms with E-state index in [-0.39, 0.29) is 0 Å². The summed E-state index contributed by atoms with van der Waals surface area (Å²) in [4.78, 5) is 14.0. The maximum atomic E-state index is 5.44. The first-order chi connectivity index (χ1) is 9.75. The number of hydrogen-bond donors (Lipinski definition) is 0. The van der Waals surface area contributed by atoms with Crippen LogP contribution in [0.2, 0.25) is 0 Å². The van der Waals surface area contributed by atoms with Crippen LogP contribution in [0.5, 0.6) is 6.01 Å². The molecule has 0 N–H and O–H groups in total. The fourth-order valence-electron chi connectivity index (χ4n) is 1.94. The monoisotopic (exact) mass is 266 g/mol. The number of hydrogen-bond acceptors (Lipinski definition) is 4. The molecule has 1 aromatic carbocycles. The largest absolute Gasteiger partial charge is 0.327 e. The summed E-state index contributed by atoms with van der Waals surface area (Å²) in [6.07, 6.45) is 1.73. The number of aromatic nitrogens is 3. The highest BCUT2D eigenvalue weighted by Gasteiger charge is 2.08. The highest BCUT2D eigenvalue weighted by Crippen LogP contribution is 2.19. The van der Waals surface area contributed by atoms with E-state index in [1.807, 2.05) is 61.0 Å². The molecule has 0 bridgehead atoms. The Morgan fingerprint density at radius 1 is 1.15 bits per heavy atom. The summed E-state index contributed by atoms with van der Waals surface area (Å²) in [7, 11) is 1.90. The smallest absolute Gasteiger partial charge is 0.316 e. The number of benzene rings is 1. The van der Waals surface area contributed by atoms with Crippen molar-refractivity contribution in [3.05, 3.63) is 54.4 Å². The third kappa shape index (κ3) is 2.25. The lowest BCUT2D eigenvalue weighted by Crippen LogP contribution is -2.02. The van der Waals surface area contributed by atoms with Crippen molar-refractivity contribution in [1.82, 2.24) is 14.5 Å². The Labute approximate surface area is 116 Å². The van der Waals surface area contributed by atoms with Crippen molar-refractivity contribution in [2.45, 2.75) is 6.92 Å². The van der Waals surface area contributed by atoms with Gasteiger partial charge < -0.3 is 4.84 Å². The molecule has 0 aliphatic heterocycles. The highest BCUT2D eigenvalue weighted by atomic mass is 16.6. The highest BCUT2D eigenvalue weighted by molar-refractivity contribution is 5.96. The summed E-state index contributed by atoms with van der Waals surface area (Å²) in [5.41, 5.74) is 3.38. The molecule has 0 atom stereocenters. The van der Waals surface area contributed by atoms with Gasteiger partial charge in [0.1, 0.15) is 5.71 Å². The molecule has 2 heterocycles. The molecule has 0 aliphatic rings. The van der Waals surface area contributed by atoms with Crippen LogP contribution in [0.1, 0.15) is 12.6 Å². The number of aryl methyl sites for hydroxylation is 1. The molecular weight excluding hydrogens is 252 g/mol. The molecular formula is C15H14N4O. The first kappa shape index (κ1) is 12.3. The van der Waals surface area contributed by atoms with E-state index >= 15 is 0 Å². The standard InChI is InChI=1S/C15H14N4O/c1-11(12-7-5-6-10-16-12)18-20-15-17-13-8-3-4-9-14(13)19(15)2/h3-10H,1-2H3/b18-11-. The number of para-hydroxylation sites is 2. The van der Waals surface area contributed by atoms with Gasteiger partial charge >= 0.3 is 6.01 Å². The lowest BCUT2D eigenvalue weighted by Gasteiger charge is -2.01. The molecule has 0 saturated carbocycles. The van der Waals surface area contributed by atoms with Gasteiger partial charge in [-0.2, -0.15) is 4.98 Å². The molecule has 0 spiro atoms. The minimum Gasteiger partial charge on any atom is -0.316 e. The molecule has 0 aliphatic carbocycles. The molecule has 2 aromatic heterocycles. The van der Waals surface area contributed by atoms with Gasteiger partial charge in [0.25, 0.3) is 0 Å². The van der Waals surface area contributed by atoms with E-state index in [1.54, 1.807) is 6.20 Å². The van der Waals surface area contributed by atoms with Gasteiger partial charge in [-0.05, 0) is 31.2 Å². The van der Waals surface area contributed by atoms with Crippen LogP contribution in [-0.2, 0) is 7.05 Å². The molecule has 0 unspecified atom stereocenters. The normalized spacial score (nSPS) is 11.8. The van der Waals surface area contributed by atoms with Crippen molar-refractivity contribution in [2.75, 3.05) is 0 Å². The van der Waals surface area contributed by atoms with Gasteiger partial charge in [-0.15, -0.1) is 0 Å². The van der Waals surface area contributed by atoms with E-state index in [1.165, 1.54) is 0 Å². The van der Waals surface area contributed by atoms with Gasteiger partial charge in [-0.1, -0.05) is 23.4 Å². The number of fused-ring (bicyclic) bond motifs is 1. The second-order valence-electron chi connectivity index (χ2n) is 4.43. The fourth-order valence-corrected chi connectivity index (χ4v) is 1.94. The fraction of sp³-hybridized carbons (Fsp3) is 0.133. The second-order valence-corrected chi connectivity index (χ2v) is 4.43. The van der Waals surface area contributed by atoms with Gasteiger partial charge in [-0.25, -0.2) is 0 Å². The van der Waals surface area contributed by atoms with Crippen molar-refractivity contribution in [3.63, 3.8) is 0 Å². The van der Waals surface area contributed by atoms with E-state index in [2.05, 4.69) is 15.1 Å². The third-order valence-electron chi connectivity index (χ3n) is 3.05. The van der Waals surface area contributed by atoms with E-state index < -0.39 is 0 Å². The van der Waals surface area contributed by atoms with Gasteiger partial charge in [0.15, 0.2) is 0 Å². The average Bonchev–Trinajstić information content (AvgIpc) is 2.83. The summed E-state index contributed by atoms with van der Waals surface area (Å²) in [5, 5.41) is 4.09. The van der Waals surface area contributed by atoms with Crippen LogP contribution in [0.15, 0.2) is 53.8 Å². The van der Waals surface area contributed by atoms with E-state index in [4.69, 9.17) is 4.84 Å². The Bertz CT molecular complexity index is 762. The molecule has 5 heteroatoms. The Balaban J connectivity index is 1.89. The number of oxime groups is 1. The minimum absolute atomic E-state index is 0.460. The van der Waals surface area contributed by atoms with Crippen LogP contribution in [0.3, 0.4) is 0 Å². The molecule has 0 amide bonds. The van der Waals surface area contributed by atoms with Crippen molar-refractivity contribution in [3.8, 4) is 6.01 Å². The van der Waals surface area contributed by atoms with Gasteiger partial charge in [0.2, 0.25) is 0 Å². The Morgan fingerprint density at radius 3 is 2.70 bits per heavy atom. The van der Waals surface area contributed by atoms with Crippen LogP contribution >= 0.6 is 0 Å². The first-order valence-corrected chi connectivity index (χ1v) is 6.30. The summed E-state index contributed by atoms with van der Waals surface area (Å²) in [6, 6.07) is 14.0. The average molecular weight is 266 g/mol. The zero-order valence-corrected chi connectivity index (χ0v) is 11.3. The molecule has 3 rings (SSSR count). The number of nitrogens with zero attached hydrogens (tertiary/aromatic N) is 4. The summed E-state index contributed by atoms with van der Waals surface area (Å²) in [5.74, 6) is 0. The van der Waals surface area contributed by atoms with Crippen LogP contribution in [0, 0.1) is 0 Å². The maximum absolute atomic E-state index is 5.44. The van der Waals surface area contributed by atoms with Crippen molar-refractivity contribution >= 4 is 16.7 Å². The quantitative estimate of drug-likeness (QED) is 0.541. The zero-order chi connectivity index (χ0) is 13.9. The summed E-state index contributed by atoms with van der Waals surface area (Å²) >= 11 is 0. The number of imidazole rings is 1. The number of rotatable bonds is 3. The lowest BCUT2D eigenvalue weighted by atomic mass is 10.3. The van der Waals surface area contributed by atoms with Gasteiger partial charge in [0.05, 0.1) is 16.7 Å². The Morgan fingerprint density at radius 2 is 1.95 bits per heavy atom. The van der Waals surface area contributed by atoms with Crippen molar-refractivity contribution < 1.29 is 4.84 Å². The van der Waals surface area contributed by atoms with Crippen LogP contribution in [0.25, 0.3) is 11.0 Å². The molecule has 20 heavy (non-hydrogen) atoms. The van der Waals surface area contributed by atoms with Gasteiger partial charge in [0, 0.05) is 13.2 Å². The number of pyridine rings is 1. The summed E-state index contributed by atoms with van der Waals surface area (Å²) in [6.45, 7) is 1.85. The van der Waals surface area contributed by atoms with Crippen LogP contribution in [0.4, 0.5) is 0 Å². The van der Waals surface area contributed by atoms with Crippen LogP contribution in [-0.4, -0.2) is 20.2 Å². The lowest BCUT2D eigenvalue weighted by molar-refractivity contribution is 0.304. The predicted molar refractivity (Wildman–Crippen MR) is 77.8 cm³/mol. The Kier molecular flexibility index (Phi) is 3.16. The van der Waals surface area contributed by atoms with Crippen molar-refractivity contribution in [2.24, 2.45) is 12.2 Å². The Hall–Kier alpha value is -2.69. The molecule has 0 radical (unpaired) electrons. The van der Waals surface area contributed by atoms with Crippen molar-refractivity contribution in [1.29, 1.82) is 0 Å². The summed E-state index contributed by atoms with van der Waals surface area (Å²) < 4.78 is 1.87. The van der Waals surface area contributed by atoms with E-state index in [0.717, 1.165) is 16.7 Å².